The Morgan fingerprint density at radius 2 is 1.57 bits per heavy atom. The van der Waals surface area contributed by atoms with Crippen molar-refractivity contribution in [3.63, 3.8) is 0 Å². The summed E-state index contributed by atoms with van der Waals surface area (Å²) in [5.41, 5.74) is 3.08. The highest BCUT2D eigenvalue weighted by molar-refractivity contribution is 7.92. The number of carbonyl (C=O) groups is 2. The van der Waals surface area contributed by atoms with Crippen LogP contribution in [0.4, 0.5) is 5.69 Å². The molecule has 0 aliphatic heterocycles. The maximum atomic E-state index is 14.0. The predicted molar refractivity (Wildman–Crippen MR) is 158 cm³/mol. The van der Waals surface area contributed by atoms with Gasteiger partial charge in [0.15, 0.2) is 0 Å². The van der Waals surface area contributed by atoms with E-state index in [0.717, 1.165) is 27.4 Å². The van der Waals surface area contributed by atoms with Crippen LogP contribution in [-0.4, -0.2) is 50.9 Å². The first-order valence-electron chi connectivity index (χ1n) is 13.5. The first-order valence-corrected chi connectivity index (χ1v) is 15.0. The van der Waals surface area contributed by atoms with Crippen LogP contribution in [-0.2, 0) is 26.2 Å². The number of hydrogen-bond donors (Lipinski definition) is 1. The maximum Gasteiger partial charge on any atom is 0.264 e. The van der Waals surface area contributed by atoms with E-state index >= 15 is 0 Å². The third-order valence-corrected chi connectivity index (χ3v) is 8.43. The molecule has 40 heavy (non-hydrogen) atoms. The summed E-state index contributed by atoms with van der Waals surface area (Å²) in [5, 5.41) is 2.85. The molecule has 1 atom stereocenters. The van der Waals surface area contributed by atoms with Crippen molar-refractivity contribution in [2.75, 3.05) is 24.0 Å². The molecule has 2 amide bonds. The molecule has 9 heteroatoms. The summed E-state index contributed by atoms with van der Waals surface area (Å²) in [6.07, 6.45) is 0.754. The van der Waals surface area contributed by atoms with Gasteiger partial charge in [-0.05, 0) is 81.6 Å². The summed E-state index contributed by atoms with van der Waals surface area (Å²) in [7, 11) is -4.12. The molecule has 0 aliphatic carbocycles. The fourth-order valence-electron chi connectivity index (χ4n) is 4.19. The number of amides is 2. The minimum Gasteiger partial charge on any atom is -0.494 e. The molecule has 0 heterocycles. The van der Waals surface area contributed by atoms with Crippen LogP contribution < -0.4 is 14.4 Å². The highest BCUT2D eigenvalue weighted by Crippen LogP contribution is 2.27. The first kappa shape index (κ1) is 30.7. The van der Waals surface area contributed by atoms with Crippen molar-refractivity contribution >= 4 is 27.5 Å². The van der Waals surface area contributed by atoms with Crippen molar-refractivity contribution in [2.24, 2.45) is 0 Å². The molecular weight excluding hydrogens is 526 g/mol. The van der Waals surface area contributed by atoms with Gasteiger partial charge in [0.2, 0.25) is 11.8 Å². The van der Waals surface area contributed by atoms with Gasteiger partial charge in [-0.3, -0.25) is 13.9 Å². The van der Waals surface area contributed by atoms with E-state index in [-0.39, 0.29) is 17.3 Å². The van der Waals surface area contributed by atoms with E-state index in [4.69, 9.17) is 4.74 Å². The molecule has 0 aliphatic rings. The van der Waals surface area contributed by atoms with Crippen LogP contribution in [0.1, 0.15) is 43.9 Å². The fourth-order valence-corrected chi connectivity index (χ4v) is 5.61. The molecule has 3 aromatic carbocycles. The lowest BCUT2D eigenvalue weighted by molar-refractivity contribution is -0.139. The van der Waals surface area contributed by atoms with Crippen molar-refractivity contribution in [2.45, 2.75) is 58.5 Å². The van der Waals surface area contributed by atoms with Gasteiger partial charge in [0.1, 0.15) is 18.3 Å². The topological polar surface area (TPSA) is 96.0 Å². The van der Waals surface area contributed by atoms with Crippen molar-refractivity contribution in [1.29, 1.82) is 0 Å². The van der Waals surface area contributed by atoms with Crippen LogP contribution in [0.3, 0.4) is 0 Å². The molecule has 8 nitrogen and oxygen atoms in total. The van der Waals surface area contributed by atoms with E-state index in [2.05, 4.69) is 5.32 Å². The Balaban J connectivity index is 2.03. The zero-order valence-corrected chi connectivity index (χ0v) is 24.7. The number of benzene rings is 3. The Kier molecular flexibility index (Phi) is 10.7. The number of nitrogens with one attached hydrogen (secondary N) is 1. The fraction of sp³-hybridized carbons (Fsp3) is 0.355. The van der Waals surface area contributed by atoms with Gasteiger partial charge in [-0.1, -0.05) is 48.9 Å². The monoisotopic (exact) mass is 565 g/mol. The summed E-state index contributed by atoms with van der Waals surface area (Å²) in [5.74, 6) is -0.197. The van der Waals surface area contributed by atoms with E-state index in [1.165, 1.54) is 17.0 Å². The summed E-state index contributed by atoms with van der Waals surface area (Å²) >= 11 is 0. The summed E-state index contributed by atoms with van der Waals surface area (Å²) < 4.78 is 34.4. The Labute approximate surface area is 238 Å². The molecule has 214 valence electrons. The third kappa shape index (κ3) is 7.63. The first-order chi connectivity index (χ1) is 19.1. The number of rotatable bonds is 13. The van der Waals surface area contributed by atoms with Gasteiger partial charge in [0, 0.05) is 13.1 Å². The smallest absolute Gasteiger partial charge is 0.264 e. The normalized spacial score (nSPS) is 11.9. The van der Waals surface area contributed by atoms with Crippen molar-refractivity contribution in [1.82, 2.24) is 10.2 Å². The number of ether oxygens (including phenoxy) is 1. The second kappa shape index (κ2) is 14.0. The number of hydrogen-bond acceptors (Lipinski definition) is 5. The molecule has 0 aromatic heterocycles. The molecule has 0 bridgehead atoms. The molecule has 0 saturated carbocycles. The lowest BCUT2D eigenvalue weighted by Gasteiger charge is -2.32. The van der Waals surface area contributed by atoms with Crippen LogP contribution in [0.25, 0.3) is 0 Å². The zero-order chi connectivity index (χ0) is 29.3. The highest BCUT2D eigenvalue weighted by atomic mass is 32.2. The molecule has 3 aromatic rings. The minimum absolute atomic E-state index is 0.0685. The quantitative estimate of drug-likeness (QED) is 0.320. The van der Waals surface area contributed by atoms with E-state index in [9.17, 15) is 18.0 Å². The maximum absolute atomic E-state index is 14.0. The van der Waals surface area contributed by atoms with Gasteiger partial charge in [0.05, 0.1) is 17.2 Å². The Hall–Kier alpha value is -3.85. The lowest BCUT2D eigenvalue weighted by Crippen LogP contribution is -2.51. The van der Waals surface area contributed by atoms with Crippen molar-refractivity contribution in [3.05, 3.63) is 89.5 Å². The van der Waals surface area contributed by atoms with Crippen molar-refractivity contribution < 1.29 is 22.7 Å². The lowest BCUT2D eigenvalue weighted by atomic mass is 10.1. The van der Waals surface area contributed by atoms with Crippen molar-refractivity contribution in [3.8, 4) is 5.75 Å². The summed E-state index contributed by atoms with van der Waals surface area (Å²) in [4.78, 5) is 28.5. The molecule has 0 unspecified atom stereocenters. The Morgan fingerprint density at radius 1 is 0.925 bits per heavy atom. The Morgan fingerprint density at radius 3 is 2.17 bits per heavy atom. The van der Waals surface area contributed by atoms with Crippen LogP contribution >= 0.6 is 0 Å². The van der Waals surface area contributed by atoms with E-state index in [1.54, 1.807) is 43.3 Å². The van der Waals surface area contributed by atoms with Gasteiger partial charge < -0.3 is 15.0 Å². The number of carbonyl (C=O) groups excluding carboxylic acids is 2. The van der Waals surface area contributed by atoms with Gasteiger partial charge in [0.25, 0.3) is 10.0 Å². The molecular formula is C31H39N3O5S. The molecule has 0 fully saturated rings. The van der Waals surface area contributed by atoms with E-state index < -0.39 is 28.5 Å². The highest BCUT2D eigenvalue weighted by Gasteiger charge is 2.32. The van der Waals surface area contributed by atoms with Crippen LogP contribution in [0.15, 0.2) is 77.7 Å². The summed E-state index contributed by atoms with van der Waals surface area (Å²) in [6, 6.07) is 19.9. The molecule has 1 N–H and O–H groups in total. The average molecular weight is 566 g/mol. The molecule has 0 saturated heterocycles. The molecule has 0 spiro atoms. The van der Waals surface area contributed by atoms with Gasteiger partial charge in [-0.25, -0.2) is 8.42 Å². The molecule has 0 radical (unpaired) electrons. The molecule has 3 rings (SSSR count). The van der Waals surface area contributed by atoms with Gasteiger partial charge in [-0.2, -0.15) is 0 Å². The number of aryl methyl sites for hydroxylation is 2. The van der Waals surface area contributed by atoms with Gasteiger partial charge >= 0.3 is 0 Å². The van der Waals surface area contributed by atoms with Crippen LogP contribution in [0.5, 0.6) is 5.75 Å². The number of anilines is 1. The van der Waals surface area contributed by atoms with Crippen LogP contribution in [0.2, 0.25) is 0 Å². The zero-order valence-electron chi connectivity index (χ0n) is 23.9. The second-order valence-corrected chi connectivity index (χ2v) is 11.5. The number of nitrogens with zero attached hydrogens (tertiary/aromatic N) is 2. The SMILES string of the molecule is CCCNC(=O)[C@@H](C)N(Cc1ccccc1C)C(=O)CN(c1ccc(OCC)cc1)S(=O)(=O)c1ccc(C)cc1. The Bertz CT molecular complexity index is 1390. The van der Waals surface area contributed by atoms with Gasteiger partial charge in [-0.15, -0.1) is 0 Å². The summed E-state index contributed by atoms with van der Waals surface area (Å²) in [6.45, 7) is 9.91. The third-order valence-electron chi connectivity index (χ3n) is 6.64. The van der Waals surface area contributed by atoms with E-state index in [1.807, 2.05) is 52.0 Å². The number of sulfonamides is 1. The largest absolute Gasteiger partial charge is 0.494 e. The van der Waals surface area contributed by atoms with E-state index in [0.29, 0.717) is 24.6 Å². The predicted octanol–water partition coefficient (Wildman–Crippen LogP) is 4.84. The van der Waals surface area contributed by atoms with Crippen LogP contribution in [0, 0.1) is 13.8 Å². The minimum atomic E-state index is -4.12. The second-order valence-electron chi connectivity index (χ2n) is 9.67. The average Bonchev–Trinajstić information content (AvgIpc) is 2.94. The standard InChI is InChI=1S/C31H39N3O5S/c1-6-20-32-31(36)25(5)33(21-26-11-9-8-10-24(26)4)30(35)22-34(27-14-16-28(17-15-27)39-7-2)40(37,38)29-18-12-23(3)13-19-29/h8-19,25H,6-7,20-22H2,1-5H3,(H,32,36)/t25-/m1/s1.